The van der Waals surface area contributed by atoms with E-state index in [2.05, 4.69) is 10.2 Å². The molecule has 0 bridgehead atoms. The minimum atomic E-state index is 0.00859. The van der Waals surface area contributed by atoms with Crippen LogP contribution in [-0.4, -0.2) is 35.1 Å². The second-order valence-corrected chi connectivity index (χ2v) is 5.49. The van der Waals surface area contributed by atoms with Gasteiger partial charge in [-0.2, -0.15) is 0 Å². The average Bonchev–Trinajstić information content (AvgIpc) is 2.84. The first kappa shape index (κ1) is 13.2. The number of piperidine rings is 1. The molecule has 1 N–H and O–H groups in total. The van der Waals surface area contributed by atoms with Gasteiger partial charge < -0.3 is 9.88 Å². The maximum Gasteiger partial charge on any atom is 0.268 e. The van der Waals surface area contributed by atoms with Crippen LogP contribution in [0.5, 0.6) is 0 Å². The molecule has 0 saturated carbocycles. The normalized spacial score (nSPS) is 16.4. The Morgan fingerprint density at radius 2 is 1.95 bits per heavy atom. The average molecular weight is 271 g/mol. The van der Waals surface area contributed by atoms with Crippen molar-refractivity contribution in [3.05, 3.63) is 36.0 Å². The molecule has 0 atom stereocenters. The van der Waals surface area contributed by atoms with E-state index in [-0.39, 0.29) is 5.91 Å². The molecule has 4 heteroatoms. The predicted octanol–water partition coefficient (Wildman–Crippen LogP) is 2.35. The summed E-state index contributed by atoms with van der Waals surface area (Å²) in [5.74, 6) is 0.00859. The fourth-order valence-corrected chi connectivity index (χ4v) is 2.90. The monoisotopic (exact) mass is 271 g/mol. The molecule has 1 aliphatic rings. The number of carbonyl (C=O) groups excluding carboxylic acids is 1. The summed E-state index contributed by atoms with van der Waals surface area (Å²) in [5.41, 5.74) is 1.82. The topological polar surface area (TPSA) is 37.3 Å². The molecule has 1 fully saturated rings. The van der Waals surface area contributed by atoms with Crippen molar-refractivity contribution in [2.45, 2.75) is 19.3 Å². The molecule has 0 unspecified atom stereocenters. The molecule has 1 aliphatic heterocycles. The van der Waals surface area contributed by atoms with Gasteiger partial charge in [-0.15, -0.1) is 0 Å². The summed E-state index contributed by atoms with van der Waals surface area (Å²) in [6.45, 7) is 2.84. The highest BCUT2D eigenvalue weighted by atomic mass is 16.2. The first-order valence-electron chi connectivity index (χ1n) is 7.31. The molecule has 1 aromatic heterocycles. The van der Waals surface area contributed by atoms with Crippen molar-refractivity contribution in [3.63, 3.8) is 0 Å². The molecule has 2 aromatic rings. The van der Waals surface area contributed by atoms with Crippen LogP contribution in [-0.2, 0) is 7.05 Å². The van der Waals surface area contributed by atoms with E-state index >= 15 is 0 Å². The quantitative estimate of drug-likeness (QED) is 0.930. The first-order valence-corrected chi connectivity index (χ1v) is 7.31. The molecule has 0 spiro atoms. The lowest BCUT2D eigenvalue weighted by atomic mass is 10.1. The van der Waals surface area contributed by atoms with Gasteiger partial charge >= 0.3 is 0 Å². The van der Waals surface area contributed by atoms with Crippen LogP contribution in [0.3, 0.4) is 0 Å². The van der Waals surface area contributed by atoms with Crippen LogP contribution in [0.25, 0.3) is 10.9 Å². The van der Waals surface area contributed by atoms with Crippen molar-refractivity contribution in [1.29, 1.82) is 0 Å². The summed E-state index contributed by atoms with van der Waals surface area (Å²) < 4.78 is 1.96. The lowest BCUT2D eigenvalue weighted by Crippen LogP contribution is -2.40. The Bertz CT molecular complexity index is 611. The van der Waals surface area contributed by atoms with Crippen molar-refractivity contribution in [1.82, 2.24) is 14.8 Å². The molecule has 3 rings (SSSR count). The summed E-state index contributed by atoms with van der Waals surface area (Å²) in [4.78, 5) is 14.6. The van der Waals surface area contributed by atoms with Crippen LogP contribution in [0, 0.1) is 0 Å². The van der Waals surface area contributed by atoms with Crippen LogP contribution in [0.15, 0.2) is 30.3 Å². The number of amides is 1. The molecule has 20 heavy (non-hydrogen) atoms. The van der Waals surface area contributed by atoms with Crippen LogP contribution < -0.4 is 5.32 Å². The van der Waals surface area contributed by atoms with Crippen LogP contribution in [0.1, 0.15) is 29.8 Å². The number of rotatable bonds is 3. The molecule has 0 aliphatic carbocycles. The number of aryl methyl sites for hydroxylation is 1. The summed E-state index contributed by atoms with van der Waals surface area (Å²) in [6, 6.07) is 10.0. The summed E-state index contributed by atoms with van der Waals surface area (Å²) in [7, 11) is 1.94. The number of para-hydroxylation sites is 1. The van der Waals surface area contributed by atoms with Crippen LogP contribution >= 0.6 is 0 Å². The van der Waals surface area contributed by atoms with Gasteiger partial charge in [-0.1, -0.05) is 24.6 Å². The van der Waals surface area contributed by atoms with Gasteiger partial charge in [0, 0.05) is 18.0 Å². The van der Waals surface area contributed by atoms with E-state index in [0.29, 0.717) is 6.67 Å². The molecule has 4 nitrogen and oxygen atoms in total. The lowest BCUT2D eigenvalue weighted by molar-refractivity contribution is 0.0906. The fraction of sp³-hybridized carbons (Fsp3) is 0.438. The van der Waals surface area contributed by atoms with Crippen molar-refractivity contribution >= 4 is 16.8 Å². The van der Waals surface area contributed by atoms with E-state index in [1.807, 2.05) is 41.9 Å². The van der Waals surface area contributed by atoms with Crippen molar-refractivity contribution < 1.29 is 4.79 Å². The molecule has 1 amide bonds. The van der Waals surface area contributed by atoms with E-state index in [4.69, 9.17) is 0 Å². The van der Waals surface area contributed by atoms with Crippen molar-refractivity contribution in [2.75, 3.05) is 19.8 Å². The maximum absolute atomic E-state index is 12.3. The largest absolute Gasteiger partial charge is 0.340 e. The van der Waals surface area contributed by atoms with Crippen molar-refractivity contribution in [3.8, 4) is 0 Å². The summed E-state index contributed by atoms with van der Waals surface area (Å²) in [5, 5.41) is 4.15. The SMILES string of the molecule is Cn1c(C(=O)NCN2CCCCC2)cc2ccccc21. The standard InChI is InChI=1S/C16H21N3O/c1-18-14-8-4-3-7-13(14)11-15(18)16(20)17-12-19-9-5-2-6-10-19/h3-4,7-8,11H,2,5-6,9-10,12H2,1H3,(H,17,20). The third-order valence-corrected chi connectivity index (χ3v) is 4.10. The van der Waals surface area contributed by atoms with Gasteiger partial charge in [0.2, 0.25) is 0 Å². The first-order chi connectivity index (χ1) is 9.75. The van der Waals surface area contributed by atoms with E-state index in [9.17, 15) is 4.79 Å². The zero-order valence-corrected chi connectivity index (χ0v) is 11.9. The highest BCUT2D eigenvalue weighted by Crippen LogP contribution is 2.18. The number of nitrogens with one attached hydrogen (secondary N) is 1. The smallest absolute Gasteiger partial charge is 0.268 e. The number of benzene rings is 1. The Balaban J connectivity index is 1.70. The van der Waals surface area contributed by atoms with Gasteiger partial charge in [0.1, 0.15) is 5.69 Å². The second kappa shape index (κ2) is 5.67. The third-order valence-electron chi connectivity index (χ3n) is 4.10. The number of aromatic nitrogens is 1. The molecule has 2 heterocycles. The highest BCUT2D eigenvalue weighted by Gasteiger charge is 2.15. The number of carbonyl (C=O) groups is 1. The zero-order valence-electron chi connectivity index (χ0n) is 11.9. The predicted molar refractivity (Wildman–Crippen MR) is 80.7 cm³/mol. The minimum absolute atomic E-state index is 0.00859. The Hall–Kier alpha value is -1.81. The van der Waals surface area contributed by atoms with Gasteiger partial charge in [0.15, 0.2) is 0 Å². The zero-order chi connectivity index (χ0) is 13.9. The molecule has 106 valence electrons. The Morgan fingerprint density at radius 1 is 1.20 bits per heavy atom. The number of likely N-dealkylation sites (tertiary alicyclic amines) is 1. The van der Waals surface area contributed by atoms with Crippen LogP contribution in [0.2, 0.25) is 0 Å². The summed E-state index contributed by atoms with van der Waals surface area (Å²) >= 11 is 0. The Morgan fingerprint density at radius 3 is 2.70 bits per heavy atom. The minimum Gasteiger partial charge on any atom is -0.340 e. The third kappa shape index (κ3) is 2.56. The molecular formula is C16H21N3O. The van der Waals surface area contributed by atoms with E-state index < -0.39 is 0 Å². The molecule has 1 saturated heterocycles. The Kier molecular flexibility index (Phi) is 3.74. The lowest BCUT2D eigenvalue weighted by Gasteiger charge is -2.26. The second-order valence-electron chi connectivity index (χ2n) is 5.49. The van der Waals surface area contributed by atoms with Crippen molar-refractivity contribution in [2.24, 2.45) is 7.05 Å². The van der Waals surface area contributed by atoms with E-state index in [0.717, 1.165) is 29.7 Å². The van der Waals surface area contributed by atoms with E-state index in [1.165, 1.54) is 19.3 Å². The Labute approximate surface area is 119 Å². The number of hydrogen-bond donors (Lipinski definition) is 1. The number of nitrogens with zero attached hydrogens (tertiary/aromatic N) is 2. The molecule has 0 radical (unpaired) electrons. The van der Waals surface area contributed by atoms with Gasteiger partial charge in [-0.3, -0.25) is 9.69 Å². The highest BCUT2D eigenvalue weighted by molar-refractivity contribution is 5.98. The van der Waals surface area contributed by atoms with Crippen LogP contribution in [0.4, 0.5) is 0 Å². The van der Waals surface area contributed by atoms with Gasteiger partial charge in [-0.05, 0) is 38.1 Å². The molecule has 1 aromatic carbocycles. The maximum atomic E-state index is 12.3. The number of hydrogen-bond acceptors (Lipinski definition) is 2. The summed E-state index contributed by atoms with van der Waals surface area (Å²) in [6.07, 6.45) is 3.79. The fourth-order valence-electron chi connectivity index (χ4n) is 2.90. The van der Waals surface area contributed by atoms with Gasteiger partial charge in [0.25, 0.3) is 5.91 Å². The van der Waals surface area contributed by atoms with E-state index in [1.54, 1.807) is 0 Å². The van der Waals surface area contributed by atoms with Gasteiger partial charge in [-0.25, -0.2) is 0 Å². The molecular weight excluding hydrogens is 250 g/mol. The van der Waals surface area contributed by atoms with Gasteiger partial charge in [0.05, 0.1) is 6.67 Å². The number of fused-ring (bicyclic) bond motifs is 1.